The van der Waals surface area contributed by atoms with Gasteiger partial charge in [0.05, 0.1) is 24.1 Å². The summed E-state index contributed by atoms with van der Waals surface area (Å²) >= 11 is 0. The van der Waals surface area contributed by atoms with Gasteiger partial charge in [0, 0.05) is 19.7 Å². The van der Waals surface area contributed by atoms with E-state index in [9.17, 15) is 12.8 Å². The van der Waals surface area contributed by atoms with Crippen LogP contribution in [0.25, 0.3) is 11.0 Å². The van der Waals surface area contributed by atoms with Gasteiger partial charge < -0.3 is 9.47 Å². The second-order valence-electron chi connectivity index (χ2n) is 6.76. The zero-order valence-electron chi connectivity index (χ0n) is 16.7. The van der Waals surface area contributed by atoms with Gasteiger partial charge in [-0.2, -0.15) is 13.1 Å². The van der Waals surface area contributed by atoms with Crippen LogP contribution in [0, 0.1) is 19.7 Å². The van der Waals surface area contributed by atoms with Crippen LogP contribution < -0.4 is 4.28 Å². The average Bonchev–Trinajstić information content (AvgIpc) is 2.91. The molecule has 0 saturated carbocycles. The summed E-state index contributed by atoms with van der Waals surface area (Å²) in [6, 6.07) is 7.80. The predicted molar refractivity (Wildman–Crippen MR) is 106 cm³/mol. The molecule has 156 valence electrons. The second kappa shape index (κ2) is 8.48. The standard InChI is InChI=1S/C20H23FN2O5S/c1-13-14(2)23(28-29(4,24)25)20-16(9-10-22-19(13)20)11-18(26-3)27-12-15-5-7-17(21)8-6-15/h5-10,18H,11-12H2,1-4H3. The van der Waals surface area contributed by atoms with Crippen molar-refractivity contribution in [1.29, 1.82) is 0 Å². The van der Waals surface area contributed by atoms with E-state index >= 15 is 0 Å². The number of ether oxygens (including phenoxy) is 2. The van der Waals surface area contributed by atoms with Crippen LogP contribution in [0.2, 0.25) is 0 Å². The second-order valence-corrected chi connectivity index (χ2v) is 8.31. The van der Waals surface area contributed by atoms with Crippen LogP contribution in [-0.4, -0.2) is 37.8 Å². The van der Waals surface area contributed by atoms with Gasteiger partial charge in [-0.1, -0.05) is 12.1 Å². The van der Waals surface area contributed by atoms with Gasteiger partial charge in [0.25, 0.3) is 0 Å². The van der Waals surface area contributed by atoms with Crippen LogP contribution >= 0.6 is 0 Å². The molecule has 29 heavy (non-hydrogen) atoms. The summed E-state index contributed by atoms with van der Waals surface area (Å²) in [5.41, 5.74) is 4.25. The fourth-order valence-corrected chi connectivity index (χ4v) is 3.50. The van der Waals surface area contributed by atoms with Gasteiger partial charge in [0.2, 0.25) is 0 Å². The van der Waals surface area contributed by atoms with Crippen molar-refractivity contribution in [3.05, 3.63) is 64.7 Å². The maximum Gasteiger partial charge on any atom is 0.324 e. The number of rotatable bonds is 8. The molecule has 9 heteroatoms. The molecule has 1 aromatic carbocycles. The third-order valence-corrected chi connectivity index (χ3v) is 5.04. The number of methoxy groups -OCH3 is 1. The molecule has 1 unspecified atom stereocenters. The first-order chi connectivity index (χ1) is 13.7. The highest BCUT2D eigenvalue weighted by atomic mass is 32.2. The van der Waals surface area contributed by atoms with Crippen LogP contribution in [0.5, 0.6) is 0 Å². The Labute approximate surface area is 169 Å². The minimum Gasteiger partial charge on any atom is -0.356 e. The fraction of sp³-hybridized carbons (Fsp3) is 0.350. The number of hydrogen-bond acceptors (Lipinski definition) is 6. The molecule has 0 aliphatic rings. The smallest absolute Gasteiger partial charge is 0.324 e. The molecule has 0 aliphatic carbocycles. The predicted octanol–water partition coefficient (Wildman–Crippen LogP) is 2.91. The van der Waals surface area contributed by atoms with Crippen molar-refractivity contribution >= 4 is 21.2 Å². The Morgan fingerprint density at radius 3 is 2.48 bits per heavy atom. The van der Waals surface area contributed by atoms with Gasteiger partial charge in [-0.25, -0.2) is 4.39 Å². The molecule has 0 spiro atoms. The van der Waals surface area contributed by atoms with E-state index in [0.29, 0.717) is 23.1 Å². The molecular weight excluding hydrogens is 399 g/mol. The molecule has 7 nitrogen and oxygen atoms in total. The Bertz CT molecular complexity index is 1110. The Kier molecular flexibility index (Phi) is 6.21. The summed E-state index contributed by atoms with van der Waals surface area (Å²) in [4.78, 5) is 4.38. The minimum absolute atomic E-state index is 0.242. The number of pyridine rings is 1. The van der Waals surface area contributed by atoms with Crippen LogP contribution in [0.3, 0.4) is 0 Å². The van der Waals surface area contributed by atoms with Gasteiger partial charge in [-0.3, -0.25) is 9.27 Å². The normalized spacial score (nSPS) is 13.0. The molecular formula is C20H23FN2O5S. The molecule has 0 radical (unpaired) electrons. The number of benzene rings is 1. The van der Waals surface area contributed by atoms with Gasteiger partial charge >= 0.3 is 10.1 Å². The minimum atomic E-state index is -3.74. The molecule has 0 bridgehead atoms. The van der Waals surface area contributed by atoms with E-state index in [1.165, 1.54) is 24.0 Å². The monoisotopic (exact) mass is 422 g/mol. The zero-order valence-corrected chi connectivity index (χ0v) is 17.5. The van der Waals surface area contributed by atoms with Gasteiger partial charge in [0.15, 0.2) is 6.29 Å². The lowest BCUT2D eigenvalue weighted by Gasteiger charge is -2.18. The summed E-state index contributed by atoms with van der Waals surface area (Å²) < 4.78 is 54.3. The summed E-state index contributed by atoms with van der Waals surface area (Å²) in [6.45, 7) is 3.87. The lowest BCUT2D eigenvalue weighted by molar-refractivity contribution is -0.130. The molecule has 0 fully saturated rings. The molecule has 3 aromatic rings. The Morgan fingerprint density at radius 2 is 1.86 bits per heavy atom. The lowest BCUT2D eigenvalue weighted by atomic mass is 10.1. The number of fused-ring (bicyclic) bond motifs is 1. The fourth-order valence-electron chi connectivity index (χ4n) is 3.04. The summed E-state index contributed by atoms with van der Waals surface area (Å²) in [5.74, 6) is -0.311. The largest absolute Gasteiger partial charge is 0.356 e. The molecule has 0 saturated heterocycles. The van der Waals surface area contributed by atoms with Gasteiger partial charge in [-0.05, 0) is 48.7 Å². The van der Waals surface area contributed by atoms with Crippen molar-refractivity contribution in [3.63, 3.8) is 0 Å². The third-order valence-electron chi connectivity index (χ3n) is 4.62. The van der Waals surface area contributed by atoms with E-state index in [1.807, 2.05) is 6.92 Å². The number of hydrogen-bond donors (Lipinski definition) is 0. The third kappa shape index (κ3) is 4.92. The van der Waals surface area contributed by atoms with Crippen molar-refractivity contribution in [1.82, 2.24) is 9.71 Å². The van der Waals surface area contributed by atoms with Crippen LogP contribution in [0.1, 0.15) is 22.4 Å². The summed E-state index contributed by atoms with van der Waals surface area (Å²) in [6.07, 6.45) is 2.38. The Morgan fingerprint density at radius 1 is 1.17 bits per heavy atom. The molecule has 2 heterocycles. The topological polar surface area (TPSA) is 79.7 Å². The van der Waals surface area contributed by atoms with E-state index < -0.39 is 16.4 Å². The van der Waals surface area contributed by atoms with Crippen LogP contribution in [0.4, 0.5) is 4.39 Å². The maximum atomic E-state index is 13.0. The molecule has 0 aliphatic heterocycles. The zero-order chi connectivity index (χ0) is 21.2. The average molecular weight is 422 g/mol. The van der Waals surface area contributed by atoms with E-state index in [-0.39, 0.29) is 12.4 Å². The first kappa shape index (κ1) is 21.2. The van der Waals surface area contributed by atoms with Gasteiger partial charge in [-0.15, -0.1) is 0 Å². The van der Waals surface area contributed by atoms with Crippen molar-refractivity contribution in [2.75, 3.05) is 13.4 Å². The maximum absolute atomic E-state index is 13.0. The molecule has 1 atom stereocenters. The summed E-state index contributed by atoms with van der Waals surface area (Å²) in [5, 5.41) is 0. The molecule has 3 rings (SSSR count). The van der Waals surface area contributed by atoms with Crippen LogP contribution in [-0.2, 0) is 32.6 Å². The molecule has 0 N–H and O–H groups in total. The first-order valence-electron chi connectivity index (χ1n) is 8.94. The van der Waals surface area contributed by atoms with Crippen molar-refractivity contribution in [2.45, 2.75) is 33.2 Å². The Hall–Kier alpha value is -2.49. The molecule has 0 amide bonds. The highest BCUT2D eigenvalue weighted by Gasteiger charge is 2.21. The number of nitrogens with zero attached hydrogens (tertiary/aromatic N) is 2. The van der Waals surface area contributed by atoms with Crippen molar-refractivity contribution in [3.8, 4) is 0 Å². The quantitative estimate of drug-likeness (QED) is 0.520. The highest BCUT2D eigenvalue weighted by Crippen LogP contribution is 2.27. The van der Waals surface area contributed by atoms with E-state index in [2.05, 4.69) is 4.98 Å². The van der Waals surface area contributed by atoms with Crippen LogP contribution in [0.15, 0.2) is 36.5 Å². The van der Waals surface area contributed by atoms with Crippen molar-refractivity contribution in [2.24, 2.45) is 0 Å². The van der Waals surface area contributed by atoms with E-state index in [1.54, 1.807) is 31.3 Å². The molecule has 2 aromatic heterocycles. The Balaban J connectivity index is 1.89. The van der Waals surface area contributed by atoms with E-state index in [4.69, 9.17) is 13.8 Å². The number of aryl methyl sites for hydroxylation is 1. The van der Waals surface area contributed by atoms with Crippen molar-refractivity contribution < 1.29 is 26.6 Å². The van der Waals surface area contributed by atoms with E-state index in [0.717, 1.165) is 22.9 Å². The number of halogens is 1. The summed E-state index contributed by atoms with van der Waals surface area (Å²) in [7, 11) is -2.21. The van der Waals surface area contributed by atoms with Gasteiger partial charge in [0.1, 0.15) is 11.3 Å². The first-order valence-corrected chi connectivity index (χ1v) is 10.8. The SMILES string of the molecule is COC(Cc1ccnc2c(C)c(C)n(OS(C)(=O)=O)c12)OCc1ccc(F)cc1. The highest BCUT2D eigenvalue weighted by molar-refractivity contribution is 7.86. The lowest BCUT2D eigenvalue weighted by Crippen LogP contribution is -2.22. The number of aromatic nitrogens is 2.